The summed E-state index contributed by atoms with van der Waals surface area (Å²) in [5.74, 6) is -0.0113. The number of hydrogen-bond acceptors (Lipinski definition) is 3. The second kappa shape index (κ2) is 7.29. The van der Waals surface area contributed by atoms with Gasteiger partial charge in [-0.05, 0) is 38.3 Å². The molecule has 1 amide bonds. The minimum absolute atomic E-state index is 0.0113. The number of carbonyl (C=O) groups is 1. The molecule has 0 spiro atoms. The molecule has 2 N–H and O–H groups in total. The normalized spacial score (nSPS) is 18.6. The van der Waals surface area contributed by atoms with Gasteiger partial charge in [-0.3, -0.25) is 4.79 Å². The van der Waals surface area contributed by atoms with Crippen molar-refractivity contribution in [3.05, 3.63) is 29.3 Å². The van der Waals surface area contributed by atoms with Crippen LogP contribution < -0.4 is 10.6 Å². The highest BCUT2D eigenvalue weighted by Gasteiger charge is 2.19. The van der Waals surface area contributed by atoms with Crippen LogP contribution in [0.15, 0.2) is 18.2 Å². The van der Waals surface area contributed by atoms with Crippen LogP contribution in [-0.4, -0.2) is 31.7 Å². The van der Waals surface area contributed by atoms with Crippen molar-refractivity contribution in [1.82, 2.24) is 5.32 Å². The molecule has 1 aromatic carbocycles. The minimum Gasteiger partial charge on any atom is -0.384 e. The monoisotopic (exact) mass is 276 g/mol. The Kier molecular flexibility index (Phi) is 5.41. The fourth-order valence-corrected chi connectivity index (χ4v) is 2.38. The highest BCUT2D eigenvalue weighted by atomic mass is 16.5. The van der Waals surface area contributed by atoms with Crippen LogP contribution in [0.5, 0.6) is 0 Å². The Morgan fingerprint density at radius 2 is 2.30 bits per heavy atom. The van der Waals surface area contributed by atoms with Crippen molar-refractivity contribution in [1.29, 1.82) is 0 Å². The van der Waals surface area contributed by atoms with E-state index in [2.05, 4.69) is 17.6 Å². The lowest BCUT2D eigenvalue weighted by Crippen LogP contribution is -2.40. The third-order valence-corrected chi connectivity index (χ3v) is 3.48. The molecule has 4 nitrogen and oxygen atoms in total. The van der Waals surface area contributed by atoms with E-state index >= 15 is 0 Å². The summed E-state index contributed by atoms with van der Waals surface area (Å²) in [6.45, 7) is 6.41. The Balaban J connectivity index is 2.08. The quantitative estimate of drug-likeness (QED) is 0.869. The maximum atomic E-state index is 12.4. The summed E-state index contributed by atoms with van der Waals surface area (Å²) in [4.78, 5) is 12.4. The SMILES string of the molecule is CCCNc1ccc(C)cc1C(=O)NC1CCCOC1. The van der Waals surface area contributed by atoms with Crippen LogP contribution in [0.2, 0.25) is 0 Å². The van der Waals surface area contributed by atoms with Crippen molar-refractivity contribution in [2.75, 3.05) is 25.1 Å². The van der Waals surface area contributed by atoms with Gasteiger partial charge in [-0.2, -0.15) is 0 Å². The molecule has 0 aromatic heterocycles. The summed E-state index contributed by atoms with van der Waals surface area (Å²) >= 11 is 0. The van der Waals surface area contributed by atoms with Gasteiger partial charge in [0, 0.05) is 18.8 Å². The van der Waals surface area contributed by atoms with Gasteiger partial charge in [-0.1, -0.05) is 18.6 Å². The Hall–Kier alpha value is -1.55. The molecule has 4 heteroatoms. The van der Waals surface area contributed by atoms with Gasteiger partial charge >= 0.3 is 0 Å². The number of benzene rings is 1. The number of carbonyl (C=O) groups excluding carboxylic acids is 1. The number of aryl methyl sites for hydroxylation is 1. The molecule has 0 aliphatic carbocycles. The maximum absolute atomic E-state index is 12.4. The lowest BCUT2D eigenvalue weighted by atomic mass is 10.1. The van der Waals surface area contributed by atoms with Crippen molar-refractivity contribution >= 4 is 11.6 Å². The van der Waals surface area contributed by atoms with E-state index in [1.165, 1.54) is 0 Å². The van der Waals surface area contributed by atoms with Crippen molar-refractivity contribution in [2.45, 2.75) is 39.2 Å². The Morgan fingerprint density at radius 1 is 1.45 bits per heavy atom. The number of hydrogen-bond donors (Lipinski definition) is 2. The highest BCUT2D eigenvalue weighted by Crippen LogP contribution is 2.18. The first-order valence-corrected chi connectivity index (χ1v) is 7.44. The van der Waals surface area contributed by atoms with Gasteiger partial charge in [0.2, 0.25) is 0 Å². The van der Waals surface area contributed by atoms with Gasteiger partial charge in [0.1, 0.15) is 0 Å². The van der Waals surface area contributed by atoms with E-state index in [1.54, 1.807) is 0 Å². The zero-order chi connectivity index (χ0) is 14.4. The van der Waals surface area contributed by atoms with Crippen molar-refractivity contribution in [3.8, 4) is 0 Å². The molecule has 20 heavy (non-hydrogen) atoms. The zero-order valence-corrected chi connectivity index (χ0v) is 12.4. The number of nitrogens with one attached hydrogen (secondary N) is 2. The molecular weight excluding hydrogens is 252 g/mol. The second-order valence-electron chi connectivity index (χ2n) is 5.36. The Bertz CT molecular complexity index is 454. The summed E-state index contributed by atoms with van der Waals surface area (Å²) in [7, 11) is 0. The van der Waals surface area contributed by atoms with Crippen LogP contribution in [0.1, 0.15) is 42.1 Å². The van der Waals surface area contributed by atoms with E-state index in [4.69, 9.17) is 4.74 Å². The van der Waals surface area contributed by atoms with Crippen molar-refractivity contribution in [3.63, 3.8) is 0 Å². The fraction of sp³-hybridized carbons (Fsp3) is 0.562. The Labute approximate surface area is 120 Å². The summed E-state index contributed by atoms with van der Waals surface area (Å²) < 4.78 is 5.41. The first-order valence-electron chi connectivity index (χ1n) is 7.44. The Morgan fingerprint density at radius 3 is 3.00 bits per heavy atom. The van der Waals surface area contributed by atoms with E-state index < -0.39 is 0 Å². The van der Waals surface area contributed by atoms with E-state index in [1.807, 2.05) is 25.1 Å². The van der Waals surface area contributed by atoms with E-state index in [9.17, 15) is 4.79 Å². The minimum atomic E-state index is -0.0113. The molecule has 1 unspecified atom stereocenters. The topological polar surface area (TPSA) is 50.4 Å². The number of anilines is 1. The number of amides is 1. The standard InChI is InChI=1S/C16H24N2O2/c1-3-8-17-15-7-6-12(2)10-14(15)16(19)18-13-5-4-9-20-11-13/h6-7,10,13,17H,3-5,8-9,11H2,1-2H3,(H,18,19). The summed E-state index contributed by atoms with van der Waals surface area (Å²) in [6.07, 6.45) is 3.04. The van der Waals surface area contributed by atoms with Crippen LogP contribution in [0, 0.1) is 6.92 Å². The molecule has 0 bridgehead atoms. The molecule has 1 fully saturated rings. The molecule has 2 rings (SSSR count). The number of ether oxygens (including phenoxy) is 1. The lowest BCUT2D eigenvalue weighted by molar-refractivity contribution is 0.0624. The summed E-state index contributed by atoms with van der Waals surface area (Å²) in [5, 5.41) is 6.39. The third kappa shape index (κ3) is 3.97. The molecule has 110 valence electrons. The van der Waals surface area contributed by atoms with Gasteiger partial charge in [0.25, 0.3) is 5.91 Å². The zero-order valence-electron chi connectivity index (χ0n) is 12.4. The lowest BCUT2D eigenvalue weighted by Gasteiger charge is -2.23. The summed E-state index contributed by atoms with van der Waals surface area (Å²) in [6, 6.07) is 6.09. The van der Waals surface area contributed by atoms with E-state index in [-0.39, 0.29) is 11.9 Å². The molecule has 1 atom stereocenters. The molecule has 1 heterocycles. The van der Waals surface area contributed by atoms with Crippen LogP contribution in [0.25, 0.3) is 0 Å². The van der Waals surface area contributed by atoms with E-state index in [0.717, 1.165) is 49.2 Å². The second-order valence-corrected chi connectivity index (χ2v) is 5.36. The molecule has 1 saturated heterocycles. The van der Waals surface area contributed by atoms with Crippen molar-refractivity contribution < 1.29 is 9.53 Å². The molecule has 0 radical (unpaired) electrons. The molecule has 0 saturated carbocycles. The number of rotatable bonds is 5. The molecule has 1 aliphatic heterocycles. The highest BCUT2D eigenvalue weighted by molar-refractivity contribution is 6.00. The predicted molar refractivity (Wildman–Crippen MR) is 81.3 cm³/mol. The first kappa shape index (κ1) is 14.9. The first-order chi connectivity index (χ1) is 9.70. The average Bonchev–Trinajstić information content (AvgIpc) is 2.47. The van der Waals surface area contributed by atoms with Crippen molar-refractivity contribution in [2.24, 2.45) is 0 Å². The van der Waals surface area contributed by atoms with E-state index in [0.29, 0.717) is 6.61 Å². The van der Waals surface area contributed by atoms with Gasteiger partial charge in [0.05, 0.1) is 18.2 Å². The fourth-order valence-electron chi connectivity index (χ4n) is 2.38. The van der Waals surface area contributed by atoms with Crippen LogP contribution in [0.3, 0.4) is 0 Å². The molecule has 1 aromatic rings. The van der Waals surface area contributed by atoms with Gasteiger partial charge in [0.15, 0.2) is 0 Å². The maximum Gasteiger partial charge on any atom is 0.253 e. The largest absolute Gasteiger partial charge is 0.384 e. The molecular formula is C16H24N2O2. The third-order valence-electron chi connectivity index (χ3n) is 3.48. The molecule has 1 aliphatic rings. The predicted octanol–water partition coefficient (Wildman–Crippen LogP) is 2.73. The van der Waals surface area contributed by atoms with Gasteiger partial charge < -0.3 is 15.4 Å². The van der Waals surface area contributed by atoms with Gasteiger partial charge in [-0.15, -0.1) is 0 Å². The smallest absolute Gasteiger partial charge is 0.253 e. The summed E-state index contributed by atoms with van der Waals surface area (Å²) in [5.41, 5.74) is 2.73. The van der Waals surface area contributed by atoms with Crippen LogP contribution in [0.4, 0.5) is 5.69 Å². The van der Waals surface area contributed by atoms with Crippen LogP contribution in [-0.2, 0) is 4.74 Å². The van der Waals surface area contributed by atoms with Gasteiger partial charge in [-0.25, -0.2) is 0 Å². The van der Waals surface area contributed by atoms with Crippen LogP contribution >= 0.6 is 0 Å². The average molecular weight is 276 g/mol.